The van der Waals surface area contributed by atoms with Crippen molar-refractivity contribution in [1.29, 1.82) is 5.41 Å². The number of aromatic nitrogens is 2. The van der Waals surface area contributed by atoms with Crippen LogP contribution in [0.2, 0.25) is 0 Å². The maximum atomic E-state index is 7.13. The number of rotatable bonds is 2. The molecule has 0 bridgehead atoms. The molecule has 4 nitrogen and oxygen atoms in total. The highest BCUT2D eigenvalue weighted by molar-refractivity contribution is 8.14. The zero-order valence-corrected chi connectivity index (χ0v) is 9.31. The zero-order chi connectivity index (χ0) is 10.7. The van der Waals surface area contributed by atoms with E-state index in [4.69, 9.17) is 11.1 Å². The molecule has 0 amide bonds. The van der Waals surface area contributed by atoms with E-state index in [1.807, 2.05) is 30.3 Å². The third-order valence-electron chi connectivity index (χ3n) is 1.64. The van der Waals surface area contributed by atoms with E-state index in [2.05, 4.69) is 9.36 Å². The minimum Gasteiger partial charge on any atom is -0.378 e. The SMILES string of the molecule is N=C(N)Sc1nc(-c2ccccc2)ns1. The van der Waals surface area contributed by atoms with Crippen LogP contribution in [0, 0.1) is 5.41 Å². The van der Waals surface area contributed by atoms with Crippen LogP contribution >= 0.6 is 23.3 Å². The van der Waals surface area contributed by atoms with Crippen LogP contribution in [0.5, 0.6) is 0 Å². The fourth-order valence-corrected chi connectivity index (χ4v) is 2.34. The highest BCUT2D eigenvalue weighted by atomic mass is 32.2. The first-order valence-electron chi connectivity index (χ1n) is 4.17. The first-order chi connectivity index (χ1) is 7.25. The summed E-state index contributed by atoms with van der Waals surface area (Å²) in [6, 6.07) is 9.72. The van der Waals surface area contributed by atoms with Crippen LogP contribution in [0.15, 0.2) is 34.7 Å². The van der Waals surface area contributed by atoms with Gasteiger partial charge in [-0.15, -0.1) is 0 Å². The first-order valence-corrected chi connectivity index (χ1v) is 5.76. The van der Waals surface area contributed by atoms with Gasteiger partial charge in [-0.2, -0.15) is 4.37 Å². The van der Waals surface area contributed by atoms with E-state index in [0.717, 1.165) is 17.3 Å². The van der Waals surface area contributed by atoms with Gasteiger partial charge in [-0.3, -0.25) is 5.41 Å². The Morgan fingerprint density at radius 2 is 2.07 bits per heavy atom. The summed E-state index contributed by atoms with van der Waals surface area (Å²) in [6.07, 6.45) is 0. The molecule has 1 heterocycles. The molecule has 0 aliphatic rings. The average molecular weight is 236 g/mol. The molecule has 0 saturated carbocycles. The summed E-state index contributed by atoms with van der Waals surface area (Å²) >= 11 is 2.37. The summed E-state index contributed by atoms with van der Waals surface area (Å²) in [5.74, 6) is 0.685. The highest BCUT2D eigenvalue weighted by Crippen LogP contribution is 2.24. The topological polar surface area (TPSA) is 75.7 Å². The summed E-state index contributed by atoms with van der Waals surface area (Å²) in [5.41, 5.74) is 6.23. The second-order valence-electron chi connectivity index (χ2n) is 2.72. The minimum atomic E-state index is 0.0331. The highest BCUT2D eigenvalue weighted by Gasteiger charge is 2.07. The number of nitrogens with one attached hydrogen (secondary N) is 1. The third kappa shape index (κ3) is 2.54. The third-order valence-corrected chi connectivity index (χ3v) is 3.11. The number of benzene rings is 1. The van der Waals surface area contributed by atoms with E-state index in [1.165, 1.54) is 11.5 Å². The first kappa shape index (κ1) is 10.1. The van der Waals surface area contributed by atoms with Crippen LogP contribution in [0.25, 0.3) is 11.4 Å². The van der Waals surface area contributed by atoms with Gasteiger partial charge >= 0.3 is 0 Å². The van der Waals surface area contributed by atoms with Crippen molar-refractivity contribution < 1.29 is 0 Å². The molecule has 76 valence electrons. The van der Waals surface area contributed by atoms with Crippen molar-refractivity contribution in [2.24, 2.45) is 5.73 Å². The van der Waals surface area contributed by atoms with Crippen molar-refractivity contribution in [3.05, 3.63) is 30.3 Å². The molecule has 1 aromatic heterocycles. The molecule has 2 aromatic rings. The predicted octanol–water partition coefficient (Wildman–Crippen LogP) is 2.19. The Labute approximate surface area is 95.2 Å². The molecular formula is C9H8N4S2. The van der Waals surface area contributed by atoms with Crippen LogP contribution in [0.4, 0.5) is 0 Å². The van der Waals surface area contributed by atoms with E-state index in [-0.39, 0.29) is 5.17 Å². The van der Waals surface area contributed by atoms with Crippen molar-refractivity contribution in [2.75, 3.05) is 0 Å². The second kappa shape index (κ2) is 4.41. The molecule has 0 aliphatic heterocycles. The van der Waals surface area contributed by atoms with Gasteiger partial charge in [-0.25, -0.2) is 4.98 Å². The number of amidine groups is 1. The lowest BCUT2D eigenvalue weighted by Crippen LogP contribution is -2.02. The lowest BCUT2D eigenvalue weighted by molar-refractivity contribution is 1.22. The number of hydrogen-bond donors (Lipinski definition) is 2. The minimum absolute atomic E-state index is 0.0331. The Kier molecular flexibility index (Phi) is 2.98. The molecule has 15 heavy (non-hydrogen) atoms. The standard InChI is InChI=1S/C9H8N4S2/c10-8(11)14-9-12-7(13-15-9)6-4-2-1-3-5-6/h1-5H,(H3,10,11). The molecule has 0 saturated heterocycles. The number of hydrogen-bond acceptors (Lipinski definition) is 5. The summed E-state index contributed by atoms with van der Waals surface area (Å²) in [7, 11) is 0. The number of nitrogens with zero attached hydrogens (tertiary/aromatic N) is 2. The van der Waals surface area contributed by atoms with Crippen LogP contribution in [-0.2, 0) is 0 Å². The Morgan fingerprint density at radius 1 is 1.33 bits per heavy atom. The number of nitrogens with two attached hydrogens (primary N) is 1. The van der Waals surface area contributed by atoms with Gasteiger partial charge < -0.3 is 5.73 Å². The van der Waals surface area contributed by atoms with Gasteiger partial charge in [0.2, 0.25) is 0 Å². The monoisotopic (exact) mass is 236 g/mol. The summed E-state index contributed by atoms with van der Waals surface area (Å²) < 4.78 is 4.89. The van der Waals surface area contributed by atoms with E-state index >= 15 is 0 Å². The molecule has 3 N–H and O–H groups in total. The van der Waals surface area contributed by atoms with Crippen molar-refractivity contribution in [1.82, 2.24) is 9.36 Å². The molecule has 1 aromatic carbocycles. The molecule has 0 fully saturated rings. The van der Waals surface area contributed by atoms with Gasteiger partial charge in [0.15, 0.2) is 15.3 Å². The fourth-order valence-electron chi connectivity index (χ4n) is 1.05. The van der Waals surface area contributed by atoms with Crippen LogP contribution in [-0.4, -0.2) is 14.5 Å². The van der Waals surface area contributed by atoms with Gasteiger partial charge in [0.1, 0.15) is 0 Å². The normalized spacial score (nSPS) is 10.1. The lowest BCUT2D eigenvalue weighted by atomic mass is 10.2. The van der Waals surface area contributed by atoms with Gasteiger partial charge in [0.05, 0.1) is 0 Å². The zero-order valence-electron chi connectivity index (χ0n) is 7.68. The molecule has 0 radical (unpaired) electrons. The van der Waals surface area contributed by atoms with E-state index in [0.29, 0.717) is 10.2 Å². The van der Waals surface area contributed by atoms with Crippen molar-refractivity contribution in [3.63, 3.8) is 0 Å². The van der Waals surface area contributed by atoms with E-state index < -0.39 is 0 Å². The van der Waals surface area contributed by atoms with Gasteiger partial charge in [0.25, 0.3) is 0 Å². The van der Waals surface area contributed by atoms with Crippen LogP contribution < -0.4 is 5.73 Å². The predicted molar refractivity (Wildman–Crippen MR) is 63.1 cm³/mol. The van der Waals surface area contributed by atoms with Crippen molar-refractivity contribution in [3.8, 4) is 11.4 Å². The molecule has 0 aliphatic carbocycles. The van der Waals surface area contributed by atoms with E-state index in [1.54, 1.807) is 0 Å². The molecule has 0 spiro atoms. The van der Waals surface area contributed by atoms with Crippen LogP contribution in [0.3, 0.4) is 0 Å². The Hall–Kier alpha value is -1.40. The maximum Gasteiger partial charge on any atom is 0.178 e. The molecule has 6 heteroatoms. The summed E-state index contributed by atoms with van der Waals surface area (Å²) in [5, 5.41) is 7.16. The lowest BCUT2D eigenvalue weighted by Gasteiger charge is -1.92. The fraction of sp³-hybridized carbons (Fsp3) is 0. The van der Waals surface area contributed by atoms with E-state index in [9.17, 15) is 0 Å². The summed E-state index contributed by atoms with van der Waals surface area (Å²) in [4.78, 5) is 4.27. The number of thioether (sulfide) groups is 1. The Bertz CT molecular complexity index is 466. The molecule has 0 atom stereocenters. The van der Waals surface area contributed by atoms with Gasteiger partial charge in [-0.1, -0.05) is 30.3 Å². The molecule has 0 unspecified atom stereocenters. The largest absolute Gasteiger partial charge is 0.378 e. The van der Waals surface area contributed by atoms with Crippen LogP contribution in [0.1, 0.15) is 0 Å². The van der Waals surface area contributed by atoms with Gasteiger partial charge in [0, 0.05) is 5.56 Å². The van der Waals surface area contributed by atoms with Crippen molar-refractivity contribution in [2.45, 2.75) is 4.34 Å². The van der Waals surface area contributed by atoms with Gasteiger partial charge in [-0.05, 0) is 23.3 Å². The second-order valence-corrected chi connectivity index (χ2v) is 4.76. The maximum absolute atomic E-state index is 7.13. The quantitative estimate of drug-likeness (QED) is 0.476. The molecule has 2 rings (SSSR count). The summed E-state index contributed by atoms with van der Waals surface area (Å²) in [6.45, 7) is 0. The Balaban J connectivity index is 2.24. The smallest absolute Gasteiger partial charge is 0.178 e. The Morgan fingerprint density at radius 3 is 2.73 bits per heavy atom. The average Bonchev–Trinajstić information content (AvgIpc) is 2.67. The van der Waals surface area contributed by atoms with Crippen molar-refractivity contribution >= 4 is 28.5 Å². The molecular weight excluding hydrogens is 228 g/mol.